The predicted octanol–water partition coefficient (Wildman–Crippen LogP) is 3.86. The molecule has 5 nitrogen and oxygen atoms in total. The number of unbranched alkanes of at least 4 members (excludes halogenated alkanes) is 1. The SMILES string of the molecule is Cc1ccc(OCCCCNC(=O)NCc2cc(C)oc2C)cc1. The maximum atomic E-state index is 11.7. The first-order chi connectivity index (χ1) is 11.5. The van der Waals surface area contributed by atoms with Crippen LogP contribution >= 0.6 is 0 Å². The first kappa shape index (κ1) is 17.9. The molecule has 0 aliphatic heterocycles. The lowest BCUT2D eigenvalue weighted by Gasteiger charge is -2.08. The average molecular weight is 330 g/mol. The highest BCUT2D eigenvalue weighted by atomic mass is 16.5. The Labute approximate surface area is 143 Å². The van der Waals surface area contributed by atoms with Gasteiger partial charge in [0.2, 0.25) is 0 Å². The molecule has 0 bridgehead atoms. The molecular formula is C19H26N2O3. The molecule has 0 saturated heterocycles. The van der Waals surface area contributed by atoms with Crippen molar-refractivity contribution < 1.29 is 13.9 Å². The summed E-state index contributed by atoms with van der Waals surface area (Å²) in [6.07, 6.45) is 1.78. The van der Waals surface area contributed by atoms with E-state index in [-0.39, 0.29) is 6.03 Å². The smallest absolute Gasteiger partial charge is 0.315 e. The largest absolute Gasteiger partial charge is 0.494 e. The number of amides is 2. The molecule has 0 radical (unpaired) electrons. The quantitative estimate of drug-likeness (QED) is 0.722. The molecule has 0 aliphatic carbocycles. The molecule has 2 rings (SSSR count). The summed E-state index contributed by atoms with van der Waals surface area (Å²) >= 11 is 0. The van der Waals surface area contributed by atoms with Gasteiger partial charge in [0.05, 0.1) is 6.61 Å². The number of urea groups is 1. The summed E-state index contributed by atoms with van der Waals surface area (Å²) in [7, 11) is 0. The van der Waals surface area contributed by atoms with Gasteiger partial charge >= 0.3 is 6.03 Å². The fraction of sp³-hybridized carbons (Fsp3) is 0.421. The molecule has 0 aliphatic rings. The number of benzene rings is 1. The lowest BCUT2D eigenvalue weighted by Crippen LogP contribution is -2.35. The Morgan fingerprint density at radius 2 is 1.83 bits per heavy atom. The predicted molar refractivity (Wildman–Crippen MR) is 94.3 cm³/mol. The van der Waals surface area contributed by atoms with Crippen molar-refractivity contribution in [2.75, 3.05) is 13.2 Å². The van der Waals surface area contributed by atoms with E-state index in [2.05, 4.69) is 17.6 Å². The third-order valence-electron chi connectivity index (χ3n) is 3.73. The zero-order valence-electron chi connectivity index (χ0n) is 14.6. The van der Waals surface area contributed by atoms with Crippen molar-refractivity contribution in [2.45, 2.75) is 40.2 Å². The third-order valence-corrected chi connectivity index (χ3v) is 3.73. The summed E-state index contributed by atoms with van der Waals surface area (Å²) in [5.41, 5.74) is 2.23. The Morgan fingerprint density at radius 3 is 2.50 bits per heavy atom. The fourth-order valence-electron chi connectivity index (χ4n) is 2.35. The molecule has 2 aromatic rings. The van der Waals surface area contributed by atoms with E-state index in [0.717, 1.165) is 35.7 Å². The van der Waals surface area contributed by atoms with Gasteiger partial charge in [-0.25, -0.2) is 4.79 Å². The summed E-state index contributed by atoms with van der Waals surface area (Å²) in [5.74, 6) is 2.59. The molecule has 1 heterocycles. The minimum atomic E-state index is -0.160. The maximum Gasteiger partial charge on any atom is 0.315 e. The zero-order valence-corrected chi connectivity index (χ0v) is 14.6. The molecule has 1 aromatic carbocycles. The first-order valence-electron chi connectivity index (χ1n) is 8.31. The Morgan fingerprint density at radius 1 is 1.08 bits per heavy atom. The number of furan rings is 1. The molecule has 0 fully saturated rings. The normalized spacial score (nSPS) is 10.5. The van der Waals surface area contributed by atoms with Gasteiger partial charge in [0.25, 0.3) is 0 Å². The van der Waals surface area contributed by atoms with Gasteiger partial charge in [-0.3, -0.25) is 0 Å². The van der Waals surface area contributed by atoms with Gasteiger partial charge in [0.1, 0.15) is 17.3 Å². The van der Waals surface area contributed by atoms with E-state index in [4.69, 9.17) is 9.15 Å². The molecule has 5 heteroatoms. The van der Waals surface area contributed by atoms with Crippen LogP contribution in [0.5, 0.6) is 5.75 Å². The van der Waals surface area contributed by atoms with E-state index in [0.29, 0.717) is 19.7 Å². The van der Waals surface area contributed by atoms with Crippen LogP contribution < -0.4 is 15.4 Å². The summed E-state index contributed by atoms with van der Waals surface area (Å²) in [6, 6.07) is 9.79. The highest BCUT2D eigenvalue weighted by molar-refractivity contribution is 5.73. The number of ether oxygens (including phenoxy) is 1. The fourth-order valence-corrected chi connectivity index (χ4v) is 2.35. The first-order valence-corrected chi connectivity index (χ1v) is 8.31. The molecule has 2 amide bonds. The van der Waals surface area contributed by atoms with Crippen LogP contribution in [0.2, 0.25) is 0 Å². The number of aryl methyl sites for hydroxylation is 3. The van der Waals surface area contributed by atoms with E-state index < -0.39 is 0 Å². The van der Waals surface area contributed by atoms with E-state index in [1.165, 1.54) is 5.56 Å². The number of hydrogen-bond acceptors (Lipinski definition) is 3. The highest BCUT2D eigenvalue weighted by Crippen LogP contribution is 2.13. The van der Waals surface area contributed by atoms with Crippen LogP contribution in [0, 0.1) is 20.8 Å². The number of nitrogens with one attached hydrogen (secondary N) is 2. The van der Waals surface area contributed by atoms with Gasteiger partial charge in [-0.2, -0.15) is 0 Å². The van der Waals surface area contributed by atoms with Gasteiger partial charge in [-0.05, 0) is 51.8 Å². The molecule has 24 heavy (non-hydrogen) atoms. The molecule has 0 spiro atoms. The maximum absolute atomic E-state index is 11.7. The van der Waals surface area contributed by atoms with Crippen molar-refractivity contribution in [3.63, 3.8) is 0 Å². The third kappa shape index (κ3) is 5.99. The van der Waals surface area contributed by atoms with E-state index in [9.17, 15) is 4.79 Å². The average Bonchev–Trinajstić information content (AvgIpc) is 2.88. The van der Waals surface area contributed by atoms with Crippen LogP contribution in [0.3, 0.4) is 0 Å². The van der Waals surface area contributed by atoms with Crippen LogP contribution in [0.15, 0.2) is 34.7 Å². The molecule has 2 N–H and O–H groups in total. The standard InChI is InChI=1S/C19H26N2O3/c1-14-6-8-18(9-7-14)23-11-5-4-10-20-19(22)21-13-17-12-15(2)24-16(17)3/h6-9,12H,4-5,10-11,13H2,1-3H3,(H2,20,21,22). The summed E-state index contributed by atoms with van der Waals surface area (Å²) in [6.45, 7) is 7.61. The van der Waals surface area contributed by atoms with Crippen molar-refractivity contribution in [1.29, 1.82) is 0 Å². The van der Waals surface area contributed by atoms with Crippen molar-refractivity contribution in [2.24, 2.45) is 0 Å². The van der Waals surface area contributed by atoms with Gasteiger partial charge in [0.15, 0.2) is 0 Å². The number of rotatable bonds is 8. The Hall–Kier alpha value is -2.43. The monoisotopic (exact) mass is 330 g/mol. The summed E-state index contributed by atoms with van der Waals surface area (Å²) in [5, 5.41) is 5.68. The van der Waals surface area contributed by atoms with E-state index in [1.54, 1.807) is 0 Å². The van der Waals surface area contributed by atoms with Crippen molar-refractivity contribution in [3.05, 3.63) is 53.0 Å². The number of hydrogen-bond donors (Lipinski definition) is 2. The van der Waals surface area contributed by atoms with Gasteiger partial charge < -0.3 is 19.8 Å². The van der Waals surface area contributed by atoms with Crippen LogP contribution in [0.25, 0.3) is 0 Å². The highest BCUT2D eigenvalue weighted by Gasteiger charge is 2.06. The second-order valence-electron chi connectivity index (χ2n) is 5.92. The molecule has 1 aromatic heterocycles. The second kappa shape index (κ2) is 9.01. The minimum absolute atomic E-state index is 0.160. The summed E-state index contributed by atoms with van der Waals surface area (Å²) in [4.78, 5) is 11.7. The van der Waals surface area contributed by atoms with Crippen LogP contribution in [0.4, 0.5) is 4.79 Å². The topological polar surface area (TPSA) is 63.5 Å². The van der Waals surface area contributed by atoms with E-state index >= 15 is 0 Å². The lowest BCUT2D eigenvalue weighted by molar-refractivity contribution is 0.239. The molecule has 0 unspecified atom stereocenters. The number of carbonyl (C=O) groups is 1. The van der Waals surface area contributed by atoms with Gasteiger partial charge in [-0.15, -0.1) is 0 Å². The minimum Gasteiger partial charge on any atom is -0.494 e. The van der Waals surface area contributed by atoms with Crippen molar-refractivity contribution in [1.82, 2.24) is 10.6 Å². The zero-order chi connectivity index (χ0) is 17.4. The van der Waals surface area contributed by atoms with Crippen LogP contribution in [-0.4, -0.2) is 19.2 Å². The summed E-state index contributed by atoms with van der Waals surface area (Å²) < 4.78 is 11.1. The number of carbonyl (C=O) groups excluding carboxylic acids is 1. The Bertz CT molecular complexity index is 647. The van der Waals surface area contributed by atoms with Gasteiger partial charge in [0, 0.05) is 18.7 Å². The van der Waals surface area contributed by atoms with Crippen molar-refractivity contribution >= 4 is 6.03 Å². The lowest BCUT2D eigenvalue weighted by atomic mass is 10.2. The molecule has 0 saturated carbocycles. The molecular weight excluding hydrogens is 304 g/mol. The van der Waals surface area contributed by atoms with E-state index in [1.807, 2.05) is 44.2 Å². The van der Waals surface area contributed by atoms with Gasteiger partial charge in [-0.1, -0.05) is 17.7 Å². The molecule has 130 valence electrons. The van der Waals surface area contributed by atoms with Crippen LogP contribution in [0.1, 0.15) is 35.5 Å². The second-order valence-corrected chi connectivity index (χ2v) is 5.92. The Balaban J connectivity index is 1.53. The molecule has 0 atom stereocenters. The van der Waals surface area contributed by atoms with Crippen LogP contribution in [-0.2, 0) is 6.54 Å². The van der Waals surface area contributed by atoms with Crippen molar-refractivity contribution in [3.8, 4) is 5.75 Å². The Kier molecular flexibility index (Phi) is 6.73.